The lowest BCUT2D eigenvalue weighted by atomic mass is 10.2. The maximum Gasteiger partial charge on any atom is 0.191 e. The van der Waals surface area contributed by atoms with E-state index in [2.05, 4.69) is 40.9 Å². The number of guanidine groups is 1. The summed E-state index contributed by atoms with van der Waals surface area (Å²) in [6.45, 7) is 4.26. The van der Waals surface area contributed by atoms with Crippen molar-refractivity contribution in [3.63, 3.8) is 0 Å². The number of methoxy groups -OCH3 is 1. The van der Waals surface area contributed by atoms with Gasteiger partial charge in [0, 0.05) is 32.5 Å². The molecule has 0 fully saturated rings. The molecule has 2 aromatic rings. The van der Waals surface area contributed by atoms with Crippen LogP contribution in [0.3, 0.4) is 0 Å². The summed E-state index contributed by atoms with van der Waals surface area (Å²) >= 11 is 0. The summed E-state index contributed by atoms with van der Waals surface area (Å²) in [6.07, 6.45) is 4.11. The van der Waals surface area contributed by atoms with E-state index in [1.807, 2.05) is 36.0 Å². The first-order chi connectivity index (χ1) is 10.7. The number of benzene rings is 1. The summed E-state index contributed by atoms with van der Waals surface area (Å²) in [5.74, 6) is 1.68. The molecule has 0 saturated carbocycles. The van der Waals surface area contributed by atoms with E-state index in [0.29, 0.717) is 13.1 Å². The van der Waals surface area contributed by atoms with Gasteiger partial charge in [-0.15, -0.1) is 0 Å². The van der Waals surface area contributed by atoms with Gasteiger partial charge in [-0.2, -0.15) is 0 Å². The molecule has 0 aliphatic rings. The second kappa shape index (κ2) is 8.12. The Morgan fingerprint density at radius 1 is 1.23 bits per heavy atom. The van der Waals surface area contributed by atoms with Gasteiger partial charge in [0.25, 0.3) is 0 Å². The van der Waals surface area contributed by atoms with Crippen LogP contribution in [0.2, 0.25) is 0 Å². The fourth-order valence-electron chi connectivity index (χ4n) is 2.13. The van der Waals surface area contributed by atoms with Gasteiger partial charge in [-0.1, -0.05) is 12.1 Å². The third-order valence-corrected chi connectivity index (χ3v) is 3.25. The van der Waals surface area contributed by atoms with Crippen LogP contribution in [0.4, 0.5) is 0 Å². The predicted molar refractivity (Wildman–Crippen MR) is 90.1 cm³/mol. The maximum absolute atomic E-state index is 5.24. The van der Waals surface area contributed by atoms with Crippen LogP contribution in [0.25, 0.3) is 0 Å². The van der Waals surface area contributed by atoms with E-state index in [4.69, 9.17) is 4.74 Å². The lowest BCUT2D eigenvalue weighted by Crippen LogP contribution is -2.36. The number of aromatic nitrogens is 1. The molecule has 0 saturated heterocycles. The van der Waals surface area contributed by atoms with Crippen molar-refractivity contribution in [1.82, 2.24) is 15.2 Å². The third kappa shape index (κ3) is 4.84. The molecule has 2 rings (SSSR count). The summed E-state index contributed by atoms with van der Waals surface area (Å²) in [5, 5.41) is 6.60. The van der Waals surface area contributed by atoms with Crippen molar-refractivity contribution in [1.29, 1.82) is 0 Å². The van der Waals surface area contributed by atoms with E-state index in [0.717, 1.165) is 23.8 Å². The van der Waals surface area contributed by atoms with Gasteiger partial charge in [0.2, 0.25) is 0 Å². The van der Waals surface area contributed by atoms with Crippen LogP contribution in [0, 0.1) is 0 Å². The number of hydrogen-bond donors (Lipinski definition) is 2. The largest absolute Gasteiger partial charge is 0.497 e. The van der Waals surface area contributed by atoms with Crippen molar-refractivity contribution in [2.75, 3.05) is 13.7 Å². The average molecular weight is 300 g/mol. The molecule has 1 aromatic heterocycles. The van der Waals surface area contributed by atoms with E-state index in [1.54, 1.807) is 7.11 Å². The van der Waals surface area contributed by atoms with E-state index in [1.165, 1.54) is 5.56 Å². The summed E-state index contributed by atoms with van der Waals surface area (Å²) in [6, 6.07) is 10.1. The van der Waals surface area contributed by atoms with Crippen LogP contribution < -0.4 is 15.4 Å². The Labute approximate surface area is 132 Å². The van der Waals surface area contributed by atoms with Crippen LogP contribution >= 0.6 is 0 Å². The van der Waals surface area contributed by atoms with Gasteiger partial charge < -0.3 is 19.9 Å². The van der Waals surface area contributed by atoms with Gasteiger partial charge in [0.05, 0.1) is 13.7 Å². The fraction of sp³-hybridized carbons (Fsp3) is 0.353. The van der Waals surface area contributed by atoms with Crippen LogP contribution in [0.15, 0.2) is 47.7 Å². The SMILES string of the molecule is CCNC(=NCc1ccn(C)c1)NCc1cccc(OC)c1. The zero-order valence-electron chi connectivity index (χ0n) is 13.5. The molecule has 2 N–H and O–H groups in total. The van der Waals surface area contributed by atoms with Gasteiger partial charge in [-0.3, -0.25) is 0 Å². The molecule has 5 heteroatoms. The Hall–Kier alpha value is -2.43. The molecule has 0 aliphatic heterocycles. The molecule has 0 bridgehead atoms. The quantitative estimate of drug-likeness (QED) is 0.636. The second-order valence-electron chi connectivity index (χ2n) is 5.09. The Bertz CT molecular complexity index is 619. The molecule has 5 nitrogen and oxygen atoms in total. The van der Waals surface area contributed by atoms with Crippen molar-refractivity contribution in [2.24, 2.45) is 12.0 Å². The average Bonchev–Trinajstić information content (AvgIpc) is 2.96. The molecule has 0 atom stereocenters. The number of ether oxygens (including phenoxy) is 1. The lowest BCUT2D eigenvalue weighted by Gasteiger charge is -2.11. The highest BCUT2D eigenvalue weighted by Gasteiger charge is 2.00. The molecule has 118 valence electrons. The van der Waals surface area contributed by atoms with Crippen LogP contribution in [-0.4, -0.2) is 24.2 Å². The zero-order valence-corrected chi connectivity index (χ0v) is 13.5. The van der Waals surface area contributed by atoms with Crippen molar-refractivity contribution < 1.29 is 4.74 Å². The zero-order chi connectivity index (χ0) is 15.8. The molecule has 0 amide bonds. The third-order valence-electron chi connectivity index (χ3n) is 3.25. The van der Waals surface area contributed by atoms with Crippen LogP contribution in [0.5, 0.6) is 5.75 Å². The Morgan fingerprint density at radius 3 is 2.77 bits per heavy atom. The minimum Gasteiger partial charge on any atom is -0.497 e. The van der Waals surface area contributed by atoms with Crippen LogP contribution in [0.1, 0.15) is 18.1 Å². The predicted octanol–water partition coefficient (Wildman–Crippen LogP) is 2.29. The minimum atomic E-state index is 0.661. The first-order valence-corrected chi connectivity index (χ1v) is 7.47. The van der Waals surface area contributed by atoms with Gasteiger partial charge in [0.1, 0.15) is 5.75 Å². The monoisotopic (exact) mass is 300 g/mol. The maximum atomic E-state index is 5.24. The van der Waals surface area contributed by atoms with E-state index < -0.39 is 0 Å². The highest BCUT2D eigenvalue weighted by Crippen LogP contribution is 2.12. The van der Waals surface area contributed by atoms with E-state index in [-0.39, 0.29) is 0 Å². The van der Waals surface area contributed by atoms with Crippen molar-refractivity contribution in [3.05, 3.63) is 53.9 Å². The molecule has 1 aromatic carbocycles. The number of nitrogens with one attached hydrogen (secondary N) is 2. The smallest absolute Gasteiger partial charge is 0.191 e. The highest BCUT2D eigenvalue weighted by molar-refractivity contribution is 5.79. The highest BCUT2D eigenvalue weighted by atomic mass is 16.5. The van der Waals surface area contributed by atoms with E-state index >= 15 is 0 Å². The number of aliphatic imine (C=N–C) groups is 1. The molecule has 1 heterocycles. The summed E-state index contributed by atoms with van der Waals surface area (Å²) < 4.78 is 7.27. The van der Waals surface area contributed by atoms with Crippen LogP contribution in [-0.2, 0) is 20.1 Å². The molecule has 0 spiro atoms. The number of hydrogen-bond acceptors (Lipinski definition) is 2. The summed E-state index contributed by atoms with van der Waals surface area (Å²) in [7, 11) is 3.69. The molecule has 0 unspecified atom stereocenters. The molecular weight excluding hydrogens is 276 g/mol. The van der Waals surface area contributed by atoms with Gasteiger partial charge >= 0.3 is 0 Å². The molecule has 0 aliphatic carbocycles. The number of nitrogens with zero attached hydrogens (tertiary/aromatic N) is 2. The molecule has 22 heavy (non-hydrogen) atoms. The fourth-order valence-corrected chi connectivity index (χ4v) is 2.13. The van der Waals surface area contributed by atoms with Crippen molar-refractivity contribution in [3.8, 4) is 5.75 Å². The van der Waals surface area contributed by atoms with Crippen molar-refractivity contribution in [2.45, 2.75) is 20.0 Å². The Morgan fingerprint density at radius 2 is 2.09 bits per heavy atom. The first kappa shape index (κ1) is 15.9. The van der Waals surface area contributed by atoms with Gasteiger partial charge in [0.15, 0.2) is 5.96 Å². The topological polar surface area (TPSA) is 50.6 Å². The number of rotatable bonds is 6. The molecule has 0 radical (unpaired) electrons. The normalized spacial score (nSPS) is 11.3. The second-order valence-corrected chi connectivity index (χ2v) is 5.09. The van der Waals surface area contributed by atoms with E-state index in [9.17, 15) is 0 Å². The lowest BCUT2D eigenvalue weighted by molar-refractivity contribution is 0.414. The number of aryl methyl sites for hydroxylation is 1. The molecular formula is C17H24N4O. The summed E-state index contributed by atoms with van der Waals surface area (Å²) in [4.78, 5) is 4.60. The summed E-state index contributed by atoms with van der Waals surface area (Å²) in [5.41, 5.74) is 2.35. The Balaban J connectivity index is 1.95. The van der Waals surface area contributed by atoms with Gasteiger partial charge in [-0.25, -0.2) is 4.99 Å². The standard InChI is InChI=1S/C17H24N4O/c1-4-18-17(20-12-15-8-9-21(2)13-15)19-11-14-6-5-7-16(10-14)22-3/h5-10,13H,4,11-12H2,1-3H3,(H2,18,19,20). The Kier molecular flexibility index (Phi) is 5.89. The first-order valence-electron chi connectivity index (χ1n) is 7.47. The van der Waals surface area contributed by atoms with Gasteiger partial charge in [-0.05, 0) is 36.2 Å². The van der Waals surface area contributed by atoms with Crippen molar-refractivity contribution >= 4 is 5.96 Å². The minimum absolute atomic E-state index is 0.661.